The van der Waals surface area contributed by atoms with Gasteiger partial charge < -0.3 is 4.98 Å². The first-order valence-electron chi connectivity index (χ1n) is 5.67. The van der Waals surface area contributed by atoms with Crippen molar-refractivity contribution in [2.24, 2.45) is 0 Å². The van der Waals surface area contributed by atoms with Crippen LogP contribution in [0.25, 0.3) is 11.5 Å². The number of hydrogen-bond donors (Lipinski definition) is 4. The van der Waals surface area contributed by atoms with Crippen molar-refractivity contribution in [3.63, 3.8) is 0 Å². The normalized spacial score (nSPS) is 19.4. The van der Waals surface area contributed by atoms with E-state index in [-0.39, 0.29) is 0 Å². The van der Waals surface area contributed by atoms with E-state index in [1.807, 2.05) is 22.6 Å². The zero-order chi connectivity index (χ0) is 12.2. The van der Waals surface area contributed by atoms with Crippen LogP contribution in [-0.2, 0) is 6.54 Å². The van der Waals surface area contributed by atoms with E-state index < -0.39 is 0 Å². The Morgan fingerprint density at radius 3 is 3.28 bits per heavy atom. The van der Waals surface area contributed by atoms with Gasteiger partial charge in [-0.15, -0.1) is 16.9 Å². The number of aryl methyl sites for hydroxylation is 1. The summed E-state index contributed by atoms with van der Waals surface area (Å²) >= 11 is 1.84. The van der Waals surface area contributed by atoms with Gasteiger partial charge in [0.25, 0.3) is 0 Å². The predicted molar refractivity (Wildman–Crippen MR) is 68.1 cm³/mol. The number of aromatic amines is 1. The number of H-pyrrole nitrogens is 1. The third-order valence-corrected chi connectivity index (χ3v) is 3.63. The van der Waals surface area contributed by atoms with Gasteiger partial charge >= 0.3 is 0 Å². The number of aromatic nitrogens is 5. The second-order valence-electron chi connectivity index (χ2n) is 3.81. The zero-order valence-electron chi connectivity index (χ0n) is 9.63. The minimum atomic E-state index is 0.401. The minimum absolute atomic E-state index is 0.401. The average Bonchev–Trinajstić information content (AvgIpc) is 3.12. The van der Waals surface area contributed by atoms with Gasteiger partial charge in [-0.1, -0.05) is 5.21 Å². The standard InChI is InChI=1S/C9H14N8S/c1-2-11-9(10-1)7-6-17(16-13-7)3-4-18-8-5-12-15-14-8/h1-2,6,8,12,14-15H,3-5H2,(H,10,11). The molecular weight excluding hydrogens is 252 g/mol. The Bertz CT molecular complexity index is 474. The molecule has 1 aliphatic heterocycles. The molecule has 9 heteroatoms. The summed E-state index contributed by atoms with van der Waals surface area (Å²) < 4.78 is 1.83. The Balaban J connectivity index is 1.51. The number of hydrogen-bond acceptors (Lipinski definition) is 7. The highest BCUT2D eigenvalue weighted by Gasteiger charge is 2.13. The molecule has 0 saturated carbocycles. The molecule has 18 heavy (non-hydrogen) atoms. The number of thioether (sulfide) groups is 1. The molecular formula is C9H14N8S. The van der Waals surface area contributed by atoms with Crippen LogP contribution in [0.3, 0.4) is 0 Å². The minimum Gasteiger partial charge on any atom is -0.343 e. The van der Waals surface area contributed by atoms with Crippen LogP contribution < -0.4 is 16.4 Å². The topological polar surface area (TPSA) is 95.5 Å². The van der Waals surface area contributed by atoms with E-state index in [1.165, 1.54) is 0 Å². The van der Waals surface area contributed by atoms with Gasteiger partial charge in [-0.05, 0) is 0 Å². The summed E-state index contributed by atoms with van der Waals surface area (Å²) in [6.45, 7) is 1.75. The van der Waals surface area contributed by atoms with Crippen LogP contribution in [0.15, 0.2) is 18.6 Å². The van der Waals surface area contributed by atoms with Gasteiger partial charge in [0, 0.05) is 24.7 Å². The molecule has 4 N–H and O–H groups in total. The molecule has 0 bridgehead atoms. The molecule has 3 rings (SSSR count). The van der Waals surface area contributed by atoms with E-state index in [4.69, 9.17) is 0 Å². The predicted octanol–water partition coefficient (Wildman–Crippen LogP) is -0.660. The van der Waals surface area contributed by atoms with Crippen molar-refractivity contribution in [3.05, 3.63) is 18.6 Å². The Kier molecular flexibility index (Phi) is 3.55. The van der Waals surface area contributed by atoms with Crippen LogP contribution in [0.4, 0.5) is 0 Å². The van der Waals surface area contributed by atoms with Crippen LogP contribution in [0.2, 0.25) is 0 Å². The van der Waals surface area contributed by atoms with E-state index in [0.717, 1.165) is 30.4 Å². The second kappa shape index (κ2) is 5.48. The fourth-order valence-electron chi connectivity index (χ4n) is 1.64. The molecule has 2 aromatic rings. The lowest BCUT2D eigenvalue weighted by Crippen LogP contribution is -2.32. The van der Waals surface area contributed by atoms with E-state index in [9.17, 15) is 0 Å². The lowest BCUT2D eigenvalue weighted by Gasteiger charge is -2.06. The number of nitrogens with one attached hydrogen (secondary N) is 4. The van der Waals surface area contributed by atoms with Crippen molar-refractivity contribution in [3.8, 4) is 11.5 Å². The second-order valence-corrected chi connectivity index (χ2v) is 5.12. The summed E-state index contributed by atoms with van der Waals surface area (Å²) in [7, 11) is 0. The smallest absolute Gasteiger partial charge is 0.159 e. The maximum Gasteiger partial charge on any atom is 0.159 e. The van der Waals surface area contributed by atoms with Crippen molar-refractivity contribution < 1.29 is 0 Å². The quantitative estimate of drug-likeness (QED) is 0.570. The van der Waals surface area contributed by atoms with Crippen LogP contribution in [0.5, 0.6) is 0 Å². The van der Waals surface area contributed by atoms with E-state index in [2.05, 4.69) is 36.7 Å². The summed E-state index contributed by atoms with van der Waals surface area (Å²) in [6, 6.07) is 0. The molecule has 1 aliphatic rings. The number of hydrazine groups is 2. The molecule has 96 valence electrons. The average molecular weight is 266 g/mol. The number of imidazole rings is 1. The van der Waals surface area contributed by atoms with Gasteiger partial charge in [0.15, 0.2) is 5.82 Å². The fraction of sp³-hybridized carbons (Fsp3) is 0.444. The van der Waals surface area contributed by atoms with Crippen molar-refractivity contribution in [2.75, 3.05) is 12.3 Å². The largest absolute Gasteiger partial charge is 0.343 e. The summed E-state index contributed by atoms with van der Waals surface area (Å²) in [5.41, 5.74) is 9.77. The van der Waals surface area contributed by atoms with E-state index in [0.29, 0.717) is 5.37 Å². The monoisotopic (exact) mass is 266 g/mol. The highest BCUT2D eigenvalue weighted by molar-refractivity contribution is 7.99. The fourth-order valence-corrected chi connectivity index (χ4v) is 2.56. The first kappa shape index (κ1) is 11.7. The molecule has 0 aliphatic carbocycles. The summed E-state index contributed by atoms with van der Waals surface area (Å²) in [4.78, 5) is 7.15. The highest BCUT2D eigenvalue weighted by atomic mass is 32.2. The lowest BCUT2D eigenvalue weighted by molar-refractivity contribution is 0.586. The molecule has 0 amide bonds. The van der Waals surface area contributed by atoms with Gasteiger partial charge in [-0.3, -0.25) is 4.68 Å². The molecule has 1 fully saturated rings. The Morgan fingerprint density at radius 1 is 1.50 bits per heavy atom. The van der Waals surface area contributed by atoms with Gasteiger partial charge in [-0.25, -0.2) is 15.8 Å². The van der Waals surface area contributed by atoms with Crippen molar-refractivity contribution in [1.29, 1.82) is 0 Å². The van der Waals surface area contributed by atoms with Gasteiger partial charge in [-0.2, -0.15) is 5.53 Å². The lowest BCUT2D eigenvalue weighted by atomic mass is 10.4. The molecule has 1 unspecified atom stereocenters. The Labute approximate surface area is 108 Å². The summed E-state index contributed by atoms with van der Waals surface area (Å²) in [5.74, 6) is 1.72. The van der Waals surface area contributed by atoms with Crippen molar-refractivity contribution in [2.45, 2.75) is 11.9 Å². The maximum absolute atomic E-state index is 4.14. The number of rotatable bonds is 5. The SMILES string of the molecule is c1c[nH]c(-c2cn(CCSC3CNNN3)nn2)n1. The summed E-state index contributed by atoms with van der Waals surface area (Å²) in [6.07, 6.45) is 5.38. The zero-order valence-corrected chi connectivity index (χ0v) is 10.4. The molecule has 0 spiro atoms. The van der Waals surface area contributed by atoms with E-state index in [1.54, 1.807) is 12.4 Å². The van der Waals surface area contributed by atoms with Crippen molar-refractivity contribution in [1.82, 2.24) is 41.3 Å². The number of nitrogens with zero attached hydrogens (tertiary/aromatic N) is 4. The van der Waals surface area contributed by atoms with Crippen LogP contribution >= 0.6 is 11.8 Å². The molecule has 2 aromatic heterocycles. The molecule has 1 saturated heterocycles. The van der Waals surface area contributed by atoms with Gasteiger partial charge in [0.2, 0.25) is 0 Å². The molecule has 1 atom stereocenters. The summed E-state index contributed by atoms with van der Waals surface area (Å²) in [5, 5.41) is 8.56. The molecule has 0 aromatic carbocycles. The van der Waals surface area contributed by atoms with Crippen LogP contribution in [0, 0.1) is 0 Å². The first-order chi connectivity index (χ1) is 8.92. The molecule has 0 radical (unpaired) electrons. The first-order valence-corrected chi connectivity index (χ1v) is 6.71. The van der Waals surface area contributed by atoms with Crippen molar-refractivity contribution >= 4 is 11.8 Å². The van der Waals surface area contributed by atoms with E-state index >= 15 is 0 Å². The van der Waals surface area contributed by atoms with Crippen LogP contribution in [-0.4, -0.2) is 42.6 Å². The maximum atomic E-state index is 4.14. The van der Waals surface area contributed by atoms with Gasteiger partial charge in [0.05, 0.1) is 18.1 Å². The Morgan fingerprint density at radius 2 is 2.50 bits per heavy atom. The van der Waals surface area contributed by atoms with Crippen LogP contribution in [0.1, 0.15) is 0 Å². The Hall–Kier alpha value is -1.42. The molecule has 8 nitrogen and oxygen atoms in total. The molecule has 3 heterocycles. The third kappa shape index (κ3) is 2.70. The third-order valence-electron chi connectivity index (χ3n) is 2.53. The highest BCUT2D eigenvalue weighted by Crippen LogP contribution is 2.11. The van der Waals surface area contributed by atoms with Gasteiger partial charge in [0.1, 0.15) is 5.69 Å².